The summed E-state index contributed by atoms with van der Waals surface area (Å²) in [5.74, 6) is 0. The van der Waals surface area contributed by atoms with Gasteiger partial charge in [-0.05, 0) is 15.9 Å². The van der Waals surface area contributed by atoms with Gasteiger partial charge in [0.2, 0.25) is 0 Å². The van der Waals surface area contributed by atoms with E-state index in [1.165, 1.54) is 0 Å². The Balaban J connectivity index is 3.42. The van der Waals surface area contributed by atoms with E-state index in [4.69, 9.17) is 5.11 Å². The highest BCUT2D eigenvalue weighted by atomic mass is 79.9. The van der Waals surface area contributed by atoms with Gasteiger partial charge in [-0.2, -0.15) is 0 Å². The summed E-state index contributed by atoms with van der Waals surface area (Å²) in [7, 11) is 0. The quantitative estimate of drug-likeness (QED) is 0.681. The molecule has 0 aliphatic carbocycles. The van der Waals surface area contributed by atoms with Crippen molar-refractivity contribution < 1.29 is 18.8 Å². The van der Waals surface area contributed by atoms with Gasteiger partial charge in [0.15, 0.2) is 0 Å². The van der Waals surface area contributed by atoms with Gasteiger partial charge < -0.3 is 5.11 Å². The first-order valence-electron chi connectivity index (χ1n) is 3.69. The van der Waals surface area contributed by atoms with E-state index in [0.29, 0.717) is 0 Å². The smallest absolute Gasteiger partial charge is 0.302 e. The number of halogens is 3. The third-order valence-corrected chi connectivity index (χ3v) is 2.51. The van der Waals surface area contributed by atoms with Gasteiger partial charge >= 0.3 is 5.69 Å². The molecule has 1 aromatic heterocycles. The fourth-order valence-electron chi connectivity index (χ4n) is 1.00. The number of hydrogen-bond acceptors (Lipinski definition) is 4. The zero-order valence-corrected chi connectivity index (χ0v) is 8.74. The van der Waals surface area contributed by atoms with Crippen molar-refractivity contribution in [3.63, 3.8) is 0 Å². The number of nitro groups is 1. The predicted molar refractivity (Wildman–Crippen MR) is 49.5 cm³/mol. The van der Waals surface area contributed by atoms with Gasteiger partial charge in [0.1, 0.15) is 10.7 Å². The zero-order chi connectivity index (χ0) is 11.6. The van der Waals surface area contributed by atoms with Crippen LogP contribution in [0.3, 0.4) is 0 Å². The SMILES string of the molecule is O=[N+]([O-])c1cnc(CO)c(C(F)F)c1Br. The fourth-order valence-corrected chi connectivity index (χ4v) is 1.65. The molecule has 5 nitrogen and oxygen atoms in total. The maximum Gasteiger partial charge on any atom is 0.302 e. The minimum atomic E-state index is -2.94. The molecule has 8 heteroatoms. The Morgan fingerprint density at radius 3 is 2.67 bits per heavy atom. The van der Waals surface area contributed by atoms with Crippen molar-refractivity contribution in [2.24, 2.45) is 0 Å². The van der Waals surface area contributed by atoms with E-state index >= 15 is 0 Å². The van der Waals surface area contributed by atoms with Gasteiger partial charge in [-0.3, -0.25) is 15.1 Å². The zero-order valence-electron chi connectivity index (χ0n) is 7.15. The van der Waals surface area contributed by atoms with Crippen molar-refractivity contribution in [3.8, 4) is 0 Å². The molecule has 0 amide bonds. The number of hydrogen-bond donors (Lipinski definition) is 1. The van der Waals surface area contributed by atoms with E-state index in [2.05, 4.69) is 20.9 Å². The van der Waals surface area contributed by atoms with Gasteiger partial charge in [0.05, 0.1) is 22.8 Å². The summed E-state index contributed by atoms with van der Waals surface area (Å²) in [5, 5.41) is 19.2. The number of alkyl halides is 2. The van der Waals surface area contributed by atoms with Crippen LogP contribution in [0.1, 0.15) is 17.7 Å². The molecule has 82 valence electrons. The first kappa shape index (κ1) is 11.9. The van der Waals surface area contributed by atoms with Crippen LogP contribution in [0.25, 0.3) is 0 Å². The second-order valence-corrected chi connectivity index (χ2v) is 3.33. The first-order valence-corrected chi connectivity index (χ1v) is 4.49. The summed E-state index contributed by atoms with van der Waals surface area (Å²) >= 11 is 2.70. The number of aliphatic hydroxyl groups excluding tert-OH is 1. The average molecular weight is 283 g/mol. The number of pyridine rings is 1. The van der Waals surface area contributed by atoms with Crippen LogP contribution in [0.5, 0.6) is 0 Å². The lowest BCUT2D eigenvalue weighted by Gasteiger charge is -2.07. The average Bonchev–Trinajstić information content (AvgIpc) is 2.15. The van der Waals surface area contributed by atoms with Crippen LogP contribution < -0.4 is 0 Å². The van der Waals surface area contributed by atoms with Gasteiger partial charge in [0.25, 0.3) is 6.43 Å². The molecule has 1 heterocycles. The molecule has 15 heavy (non-hydrogen) atoms. The lowest BCUT2D eigenvalue weighted by molar-refractivity contribution is -0.386. The molecule has 1 N–H and O–H groups in total. The highest BCUT2D eigenvalue weighted by Gasteiger charge is 2.25. The molecule has 0 aromatic carbocycles. The van der Waals surface area contributed by atoms with Gasteiger partial charge in [-0.15, -0.1) is 0 Å². The Labute approximate surface area is 91.0 Å². The Kier molecular flexibility index (Phi) is 3.64. The van der Waals surface area contributed by atoms with Crippen LogP contribution in [0.2, 0.25) is 0 Å². The van der Waals surface area contributed by atoms with Crippen molar-refractivity contribution in [2.45, 2.75) is 13.0 Å². The number of nitrogens with zero attached hydrogens (tertiary/aromatic N) is 2. The molecule has 1 aromatic rings. The maximum atomic E-state index is 12.5. The van der Waals surface area contributed by atoms with E-state index in [9.17, 15) is 18.9 Å². The molecule has 0 fully saturated rings. The molecule has 1 rings (SSSR count). The van der Waals surface area contributed by atoms with E-state index in [1.807, 2.05) is 0 Å². The van der Waals surface area contributed by atoms with Crippen molar-refractivity contribution in [2.75, 3.05) is 0 Å². The Morgan fingerprint density at radius 1 is 1.67 bits per heavy atom. The summed E-state index contributed by atoms with van der Waals surface area (Å²) in [6.07, 6.45) is -2.12. The lowest BCUT2D eigenvalue weighted by atomic mass is 10.2. The molecule has 0 atom stereocenters. The molecule has 0 saturated carbocycles. The summed E-state index contributed by atoms with van der Waals surface area (Å²) in [4.78, 5) is 13.0. The maximum absolute atomic E-state index is 12.5. The van der Waals surface area contributed by atoms with Crippen molar-refractivity contribution in [1.82, 2.24) is 4.98 Å². The first-order chi connectivity index (χ1) is 6.99. The Bertz CT molecular complexity index is 400. The largest absolute Gasteiger partial charge is 0.390 e. The molecular formula is C7H5BrF2N2O3. The Morgan fingerprint density at radius 2 is 2.27 bits per heavy atom. The van der Waals surface area contributed by atoms with Crippen molar-refractivity contribution in [3.05, 3.63) is 32.0 Å². The van der Waals surface area contributed by atoms with Gasteiger partial charge in [-0.1, -0.05) is 0 Å². The predicted octanol–water partition coefficient (Wildman–Crippen LogP) is 2.18. The fraction of sp³-hybridized carbons (Fsp3) is 0.286. The van der Waals surface area contributed by atoms with Gasteiger partial charge in [-0.25, -0.2) is 8.78 Å². The molecule has 0 aliphatic heterocycles. The van der Waals surface area contributed by atoms with E-state index in [0.717, 1.165) is 6.20 Å². The second kappa shape index (κ2) is 4.58. The third kappa shape index (κ3) is 2.26. The van der Waals surface area contributed by atoms with E-state index in [-0.39, 0.29) is 10.2 Å². The monoisotopic (exact) mass is 282 g/mol. The number of aromatic nitrogens is 1. The summed E-state index contributed by atoms with van der Waals surface area (Å²) < 4.78 is 24.7. The van der Waals surface area contributed by atoms with E-state index < -0.39 is 29.2 Å². The molecule has 0 unspecified atom stereocenters. The minimum absolute atomic E-state index is 0.275. The highest BCUT2D eigenvalue weighted by Crippen LogP contribution is 2.35. The lowest BCUT2D eigenvalue weighted by Crippen LogP contribution is -2.03. The van der Waals surface area contributed by atoms with Crippen LogP contribution in [-0.2, 0) is 6.61 Å². The molecular weight excluding hydrogens is 278 g/mol. The van der Waals surface area contributed by atoms with Crippen molar-refractivity contribution >= 4 is 21.6 Å². The van der Waals surface area contributed by atoms with Crippen LogP contribution in [0.15, 0.2) is 10.7 Å². The number of rotatable bonds is 3. The summed E-state index contributed by atoms with van der Waals surface area (Å²) in [5.41, 5.74) is -1.48. The summed E-state index contributed by atoms with van der Waals surface area (Å²) in [6.45, 7) is -0.698. The van der Waals surface area contributed by atoms with Crippen LogP contribution in [0, 0.1) is 10.1 Å². The molecule has 0 bridgehead atoms. The standard InChI is InChI=1S/C7H5BrF2N2O3/c8-6-4(12(14)15)1-11-3(2-13)5(6)7(9)10/h1,7,13H,2H2. The Hall–Kier alpha value is -1.15. The van der Waals surface area contributed by atoms with Gasteiger partial charge in [0, 0.05) is 0 Å². The summed E-state index contributed by atoms with van der Waals surface area (Å²) in [6, 6.07) is 0. The molecule has 0 spiro atoms. The molecule has 0 saturated heterocycles. The topological polar surface area (TPSA) is 76.3 Å². The van der Waals surface area contributed by atoms with Crippen LogP contribution in [0.4, 0.5) is 14.5 Å². The second-order valence-electron chi connectivity index (χ2n) is 2.53. The third-order valence-electron chi connectivity index (χ3n) is 1.68. The van der Waals surface area contributed by atoms with Crippen LogP contribution in [-0.4, -0.2) is 15.0 Å². The van der Waals surface area contributed by atoms with Crippen molar-refractivity contribution in [1.29, 1.82) is 0 Å². The highest BCUT2D eigenvalue weighted by molar-refractivity contribution is 9.10. The molecule has 0 radical (unpaired) electrons. The normalized spacial score (nSPS) is 10.7. The number of aliphatic hydroxyl groups is 1. The minimum Gasteiger partial charge on any atom is -0.390 e. The van der Waals surface area contributed by atoms with E-state index in [1.54, 1.807) is 0 Å². The van der Waals surface area contributed by atoms with Crippen LogP contribution >= 0.6 is 15.9 Å². The molecule has 0 aliphatic rings.